The molecule has 0 atom stereocenters. The van der Waals surface area contributed by atoms with Crippen LogP contribution in [0.4, 0.5) is 11.4 Å². The minimum absolute atomic E-state index is 0.596. The first-order chi connectivity index (χ1) is 9.67. The highest BCUT2D eigenvalue weighted by Gasteiger charge is 2.04. The highest BCUT2D eigenvalue weighted by Crippen LogP contribution is 2.10. The number of anilines is 2. The van der Waals surface area contributed by atoms with Crippen molar-refractivity contribution < 1.29 is 4.79 Å². The largest absolute Gasteiger partial charge is 0.399 e. The van der Waals surface area contributed by atoms with Crippen LogP contribution in [0.2, 0.25) is 0 Å². The summed E-state index contributed by atoms with van der Waals surface area (Å²) in [4.78, 5) is 12.9. The number of hydrogen-bond acceptors (Lipinski definition) is 3. The Bertz CT molecular complexity index is 549. The molecule has 1 amide bonds. The average molecular weight is 269 g/mol. The summed E-state index contributed by atoms with van der Waals surface area (Å²) in [6.07, 6.45) is 1.70. The summed E-state index contributed by atoms with van der Waals surface area (Å²) in [5, 5.41) is 0. The zero-order valence-corrected chi connectivity index (χ0v) is 11.3. The summed E-state index contributed by atoms with van der Waals surface area (Å²) in [6, 6.07) is 15.3. The zero-order valence-electron chi connectivity index (χ0n) is 11.3. The van der Waals surface area contributed by atoms with Crippen molar-refractivity contribution in [1.82, 2.24) is 4.90 Å². The smallest absolute Gasteiger partial charge is 0.210 e. The lowest BCUT2D eigenvalue weighted by Crippen LogP contribution is -2.24. The van der Waals surface area contributed by atoms with E-state index in [2.05, 4.69) is 0 Å². The van der Waals surface area contributed by atoms with Gasteiger partial charge in [0.1, 0.15) is 0 Å². The van der Waals surface area contributed by atoms with Gasteiger partial charge in [-0.1, -0.05) is 24.3 Å². The summed E-state index contributed by atoms with van der Waals surface area (Å²) < 4.78 is 0. The quantitative estimate of drug-likeness (QED) is 0.622. The molecule has 4 heteroatoms. The second kappa shape index (κ2) is 6.61. The molecule has 0 spiro atoms. The van der Waals surface area contributed by atoms with E-state index in [-0.39, 0.29) is 0 Å². The van der Waals surface area contributed by atoms with Crippen LogP contribution in [0.25, 0.3) is 0 Å². The maximum absolute atomic E-state index is 11.1. The molecule has 20 heavy (non-hydrogen) atoms. The molecule has 4 N–H and O–H groups in total. The molecule has 0 heterocycles. The minimum Gasteiger partial charge on any atom is -0.399 e. The van der Waals surface area contributed by atoms with Crippen LogP contribution in [0.5, 0.6) is 0 Å². The Labute approximate surface area is 119 Å². The van der Waals surface area contributed by atoms with Gasteiger partial charge in [-0.25, -0.2) is 0 Å². The lowest BCUT2D eigenvalue weighted by atomic mass is 10.1. The van der Waals surface area contributed by atoms with E-state index in [0.29, 0.717) is 13.1 Å². The zero-order chi connectivity index (χ0) is 14.4. The van der Waals surface area contributed by atoms with Gasteiger partial charge in [0.2, 0.25) is 6.41 Å². The van der Waals surface area contributed by atoms with Crippen LogP contribution < -0.4 is 11.5 Å². The lowest BCUT2D eigenvalue weighted by molar-refractivity contribution is -0.118. The molecule has 4 nitrogen and oxygen atoms in total. The molecule has 0 bridgehead atoms. The van der Waals surface area contributed by atoms with Crippen molar-refractivity contribution in [3.8, 4) is 0 Å². The van der Waals surface area contributed by atoms with Crippen LogP contribution in [0.15, 0.2) is 48.5 Å². The molecular formula is C16H19N3O. The van der Waals surface area contributed by atoms with Gasteiger partial charge in [0.25, 0.3) is 0 Å². The summed E-state index contributed by atoms with van der Waals surface area (Å²) >= 11 is 0. The Morgan fingerprint density at radius 2 is 1.35 bits per heavy atom. The SMILES string of the molecule is Nc1ccc(CCN(C=O)Cc2ccc(N)cc2)cc1. The van der Waals surface area contributed by atoms with Gasteiger partial charge in [-0.2, -0.15) is 0 Å². The fourth-order valence-corrected chi connectivity index (χ4v) is 1.98. The van der Waals surface area contributed by atoms with Crippen LogP contribution >= 0.6 is 0 Å². The van der Waals surface area contributed by atoms with Crippen LogP contribution in [0, 0.1) is 0 Å². The second-order valence-corrected chi connectivity index (χ2v) is 4.81. The van der Waals surface area contributed by atoms with E-state index in [1.54, 1.807) is 4.90 Å². The van der Waals surface area contributed by atoms with Gasteiger partial charge in [-0.15, -0.1) is 0 Å². The Morgan fingerprint density at radius 1 is 0.850 bits per heavy atom. The third-order valence-corrected chi connectivity index (χ3v) is 3.18. The number of benzene rings is 2. The van der Waals surface area contributed by atoms with Crippen LogP contribution in [0.1, 0.15) is 11.1 Å². The number of nitrogen functional groups attached to an aromatic ring is 2. The van der Waals surface area contributed by atoms with Gasteiger partial charge in [0.05, 0.1) is 0 Å². The maximum Gasteiger partial charge on any atom is 0.210 e. The molecule has 2 aromatic rings. The number of carbonyl (C=O) groups excluding carboxylic acids is 1. The maximum atomic E-state index is 11.1. The molecule has 2 rings (SSSR count). The molecule has 0 saturated carbocycles. The molecule has 0 aliphatic carbocycles. The average Bonchev–Trinajstić information content (AvgIpc) is 2.47. The van der Waals surface area contributed by atoms with Crippen molar-refractivity contribution in [2.24, 2.45) is 0 Å². The van der Waals surface area contributed by atoms with E-state index in [1.807, 2.05) is 48.5 Å². The number of rotatable bonds is 6. The Hall–Kier alpha value is -2.49. The monoisotopic (exact) mass is 269 g/mol. The molecule has 0 radical (unpaired) electrons. The van der Waals surface area contributed by atoms with Crippen molar-refractivity contribution in [3.05, 3.63) is 59.7 Å². The number of nitrogens with two attached hydrogens (primary N) is 2. The number of nitrogens with zero attached hydrogens (tertiary/aromatic N) is 1. The van der Waals surface area contributed by atoms with Gasteiger partial charge >= 0.3 is 0 Å². The fourth-order valence-electron chi connectivity index (χ4n) is 1.98. The highest BCUT2D eigenvalue weighted by molar-refractivity contribution is 5.48. The van der Waals surface area contributed by atoms with E-state index in [0.717, 1.165) is 29.8 Å². The van der Waals surface area contributed by atoms with Gasteiger partial charge in [-0.3, -0.25) is 4.79 Å². The van der Waals surface area contributed by atoms with E-state index in [9.17, 15) is 4.79 Å². The molecule has 0 saturated heterocycles. The van der Waals surface area contributed by atoms with Crippen molar-refractivity contribution in [1.29, 1.82) is 0 Å². The summed E-state index contributed by atoms with van der Waals surface area (Å²) in [5.74, 6) is 0. The molecular weight excluding hydrogens is 250 g/mol. The fraction of sp³-hybridized carbons (Fsp3) is 0.188. The van der Waals surface area contributed by atoms with Gasteiger partial charge in [-0.05, 0) is 41.8 Å². The van der Waals surface area contributed by atoms with Gasteiger partial charge in [0.15, 0.2) is 0 Å². The summed E-state index contributed by atoms with van der Waals surface area (Å²) in [6.45, 7) is 1.27. The normalized spacial score (nSPS) is 10.2. The number of carbonyl (C=O) groups is 1. The first kappa shape index (κ1) is 13.9. The topological polar surface area (TPSA) is 72.3 Å². The second-order valence-electron chi connectivity index (χ2n) is 4.81. The van der Waals surface area contributed by atoms with Gasteiger partial charge < -0.3 is 16.4 Å². The Kier molecular flexibility index (Phi) is 4.60. The molecule has 0 fully saturated rings. The molecule has 0 aliphatic heterocycles. The van der Waals surface area contributed by atoms with E-state index < -0.39 is 0 Å². The van der Waals surface area contributed by atoms with Crippen molar-refractivity contribution in [2.75, 3.05) is 18.0 Å². The lowest BCUT2D eigenvalue weighted by Gasteiger charge is -2.17. The van der Waals surface area contributed by atoms with Crippen LogP contribution in [-0.2, 0) is 17.8 Å². The van der Waals surface area contributed by atoms with E-state index >= 15 is 0 Å². The first-order valence-corrected chi connectivity index (χ1v) is 6.55. The van der Waals surface area contributed by atoms with Crippen molar-refractivity contribution in [3.63, 3.8) is 0 Å². The number of amides is 1. The van der Waals surface area contributed by atoms with E-state index in [4.69, 9.17) is 11.5 Å². The Morgan fingerprint density at radius 3 is 1.85 bits per heavy atom. The molecule has 0 aromatic heterocycles. The third kappa shape index (κ3) is 4.02. The number of hydrogen-bond donors (Lipinski definition) is 2. The molecule has 2 aromatic carbocycles. The highest BCUT2D eigenvalue weighted by atomic mass is 16.1. The van der Waals surface area contributed by atoms with Gasteiger partial charge in [0, 0.05) is 24.5 Å². The Balaban J connectivity index is 1.90. The van der Waals surface area contributed by atoms with E-state index in [1.165, 1.54) is 5.56 Å². The predicted molar refractivity (Wildman–Crippen MR) is 81.9 cm³/mol. The molecule has 104 valence electrons. The van der Waals surface area contributed by atoms with Crippen LogP contribution in [-0.4, -0.2) is 17.9 Å². The van der Waals surface area contributed by atoms with Crippen molar-refractivity contribution in [2.45, 2.75) is 13.0 Å². The molecule has 0 unspecified atom stereocenters. The summed E-state index contributed by atoms with van der Waals surface area (Å²) in [5.41, 5.74) is 15.0. The van der Waals surface area contributed by atoms with Crippen LogP contribution in [0.3, 0.4) is 0 Å². The predicted octanol–water partition coefficient (Wildman–Crippen LogP) is 2.05. The first-order valence-electron chi connectivity index (χ1n) is 6.55. The minimum atomic E-state index is 0.596. The third-order valence-electron chi connectivity index (χ3n) is 3.18. The standard InChI is InChI=1S/C16H19N3O/c17-15-5-1-13(2-6-15)9-10-19(12-20)11-14-3-7-16(18)8-4-14/h1-8,12H,9-11,17-18H2. The molecule has 0 aliphatic rings. The van der Waals surface area contributed by atoms with Crippen molar-refractivity contribution >= 4 is 17.8 Å². The summed E-state index contributed by atoms with van der Waals surface area (Å²) in [7, 11) is 0.